The van der Waals surface area contributed by atoms with E-state index in [-0.39, 0.29) is 0 Å². The van der Waals surface area contributed by atoms with E-state index >= 15 is 0 Å². The van der Waals surface area contributed by atoms with E-state index < -0.39 is 10.0 Å². The lowest BCUT2D eigenvalue weighted by Gasteiger charge is -2.16. The van der Waals surface area contributed by atoms with E-state index in [4.69, 9.17) is 0 Å². The van der Waals surface area contributed by atoms with Gasteiger partial charge in [0.25, 0.3) is 10.0 Å². The van der Waals surface area contributed by atoms with Gasteiger partial charge in [0.15, 0.2) is 0 Å². The van der Waals surface area contributed by atoms with Gasteiger partial charge in [-0.1, -0.05) is 12.1 Å². The van der Waals surface area contributed by atoms with Crippen molar-refractivity contribution in [1.82, 2.24) is 14.3 Å². The van der Waals surface area contributed by atoms with Crippen LogP contribution in [-0.4, -0.2) is 30.3 Å². The Hall–Kier alpha value is -2.15. The molecular weight excluding hydrogens is 324 g/mol. The van der Waals surface area contributed by atoms with Gasteiger partial charge in [0.05, 0.1) is 10.6 Å². The Morgan fingerprint density at radius 3 is 3.00 bits per heavy atom. The van der Waals surface area contributed by atoms with Crippen molar-refractivity contribution in [2.24, 2.45) is 4.99 Å². The number of nitrogens with zero attached hydrogens (tertiary/aromatic N) is 3. The molecule has 1 aromatic heterocycles. The zero-order valence-corrected chi connectivity index (χ0v) is 14.4. The van der Waals surface area contributed by atoms with Crippen LogP contribution in [-0.2, 0) is 29.4 Å². The maximum absolute atomic E-state index is 12.1. The molecule has 24 heavy (non-hydrogen) atoms. The molecule has 2 aromatic rings. The summed E-state index contributed by atoms with van der Waals surface area (Å²) in [7, 11) is -3.46. The molecule has 0 bridgehead atoms. The predicted octanol–water partition coefficient (Wildman–Crippen LogP) is 1.81. The van der Waals surface area contributed by atoms with Crippen LogP contribution in [0.2, 0.25) is 0 Å². The Bertz CT molecular complexity index is 928. The number of benzene rings is 1. The van der Waals surface area contributed by atoms with Gasteiger partial charge in [-0.3, -0.25) is 9.71 Å². The fraction of sp³-hybridized carbons (Fsp3) is 0.412. The molecule has 0 atom stereocenters. The lowest BCUT2D eigenvalue weighted by atomic mass is 10.1. The van der Waals surface area contributed by atoms with Crippen molar-refractivity contribution in [3.05, 3.63) is 47.0 Å². The van der Waals surface area contributed by atoms with E-state index in [1.54, 1.807) is 18.2 Å². The molecule has 1 N–H and O–H groups in total. The summed E-state index contributed by atoms with van der Waals surface area (Å²) in [5.41, 5.74) is 2.95. The van der Waals surface area contributed by atoms with Gasteiger partial charge in [-0.15, -0.1) is 0 Å². The summed E-state index contributed by atoms with van der Waals surface area (Å²) in [6.45, 7) is 3.61. The quantitative estimate of drug-likeness (QED) is 0.922. The fourth-order valence-corrected chi connectivity index (χ4v) is 4.77. The molecule has 0 aliphatic carbocycles. The molecular formula is C17H20N4O2S. The minimum absolute atomic E-state index is 0.307. The van der Waals surface area contributed by atoms with Crippen LogP contribution < -0.4 is 4.72 Å². The number of aromatic nitrogens is 2. The second-order valence-electron chi connectivity index (χ2n) is 6.25. The second-order valence-corrected chi connectivity index (χ2v) is 7.90. The Balaban J connectivity index is 1.56. The summed E-state index contributed by atoms with van der Waals surface area (Å²) in [6, 6.07) is 6.95. The van der Waals surface area contributed by atoms with Gasteiger partial charge in [0.1, 0.15) is 11.7 Å². The summed E-state index contributed by atoms with van der Waals surface area (Å²) in [5, 5.41) is 0. The van der Waals surface area contributed by atoms with Crippen LogP contribution >= 0.6 is 0 Å². The van der Waals surface area contributed by atoms with Crippen molar-refractivity contribution >= 4 is 15.9 Å². The van der Waals surface area contributed by atoms with E-state index in [0.717, 1.165) is 25.1 Å². The Morgan fingerprint density at radius 1 is 1.29 bits per heavy atom. The van der Waals surface area contributed by atoms with Gasteiger partial charge in [-0.25, -0.2) is 13.4 Å². The second kappa shape index (κ2) is 5.73. The van der Waals surface area contributed by atoms with Crippen LogP contribution in [0, 0.1) is 6.92 Å². The first-order valence-corrected chi connectivity index (χ1v) is 9.76. The van der Waals surface area contributed by atoms with Crippen LogP contribution in [0.5, 0.6) is 0 Å². The topological polar surface area (TPSA) is 76.3 Å². The number of rotatable bonds is 3. The molecule has 1 aromatic carbocycles. The van der Waals surface area contributed by atoms with Gasteiger partial charge in [-0.05, 0) is 31.9 Å². The van der Waals surface area contributed by atoms with Gasteiger partial charge >= 0.3 is 0 Å². The third kappa shape index (κ3) is 2.53. The van der Waals surface area contributed by atoms with Gasteiger partial charge in [0, 0.05) is 37.2 Å². The molecule has 3 heterocycles. The lowest BCUT2D eigenvalue weighted by Crippen LogP contribution is -2.22. The fourth-order valence-electron chi connectivity index (χ4n) is 3.52. The average molecular weight is 344 g/mol. The van der Waals surface area contributed by atoms with Crippen LogP contribution in [0.15, 0.2) is 34.2 Å². The monoisotopic (exact) mass is 344 g/mol. The highest BCUT2D eigenvalue weighted by molar-refractivity contribution is 7.90. The van der Waals surface area contributed by atoms with Crippen LogP contribution in [0.25, 0.3) is 0 Å². The largest absolute Gasteiger partial charge is 0.332 e. The number of aliphatic imine (C=N–C) groups is 1. The Morgan fingerprint density at radius 2 is 2.12 bits per heavy atom. The number of hydrogen-bond donors (Lipinski definition) is 1. The van der Waals surface area contributed by atoms with Crippen molar-refractivity contribution in [1.29, 1.82) is 0 Å². The molecule has 0 radical (unpaired) electrons. The molecule has 0 unspecified atom stereocenters. The van der Waals surface area contributed by atoms with E-state index in [2.05, 4.69) is 19.3 Å². The third-order valence-electron chi connectivity index (χ3n) is 4.67. The molecule has 0 fully saturated rings. The van der Waals surface area contributed by atoms with Gasteiger partial charge in [0.2, 0.25) is 0 Å². The summed E-state index contributed by atoms with van der Waals surface area (Å²) in [6.07, 6.45) is 4.21. The van der Waals surface area contributed by atoms with Crippen molar-refractivity contribution < 1.29 is 8.42 Å². The van der Waals surface area contributed by atoms with E-state index in [9.17, 15) is 8.42 Å². The molecule has 0 saturated carbocycles. The van der Waals surface area contributed by atoms with Crippen molar-refractivity contribution in [2.45, 2.75) is 44.0 Å². The van der Waals surface area contributed by atoms with Crippen molar-refractivity contribution in [2.75, 3.05) is 6.54 Å². The first kappa shape index (κ1) is 15.4. The van der Waals surface area contributed by atoms with Crippen LogP contribution in [0.3, 0.4) is 0 Å². The number of hydrogen-bond acceptors (Lipinski definition) is 4. The standard InChI is InChI=1S/C17H20N4O2S/c1-12-14(21-11-5-4-8-16(21)19-12)9-10-18-17-13-6-2-3-7-15(13)24(22,23)20-17/h2-3,6-7H,4-5,8-11H2,1H3,(H,18,20). The lowest BCUT2D eigenvalue weighted by molar-refractivity contribution is 0.508. The van der Waals surface area contributed by atoms with Crippen molar-refractivity contribution in [3.8, 4) is 0 Å². The van der Waals surface area contributed by atoms with Gasteiger partial charge < -0.3 is 4.57 Å². The number of imidazole rings is 1. The molecule has 2 aliphatic heterocycles. The molecule has 0 amide bonds. The van der Waals surface area contributed by atoms with Gasteiger partial charge in [-0.2, -0.15) is 0 Å². The number of nitrogens with one attached hydrogen (secondary N) is 1. The SMILES string of the molecule is Cc1nc2n(c1CCN=C1NS(=O)(=O)c3ccccc31)CCCC2. The van der Waals surface area contributed by atoms with E-state index in [1.807, 2.05) is 13.0 Å². The number of aryl methyl sites for hydroxylation is 2. The molecule has 0 saturated heterocycles. The zero-order chi connectivity index (χ0) is 16.7. The maximum atomic E-state index is 12.1. The van der Waals surface area contributed by atoms with E-state index in [0.29, 0.717) is 22.8 Å². The van der Waals surface area contributed by atoms with Crippen LogP contribution in [0.1, 0.15) is 35.6 Å². The Kier molecular flexibility index (Phi) is 3.68. The minimum Gasteiger partial charge on any atom is -0.332 e. The highest BCUT2D eigenvalue weighted by Crippen LogP contribution is 2.23. The maximum Gasteiger partial charge on any atom is 0.263 e. The summed E-state index contributed by atoms with van der Waals surface area (Å²) >= 11 is 0. The van der Waals surface area contributed by atoms with E-state index in [1.165, 1.54) is 24.4 Å². The zero-order valence-electron chi connectivity index (χ0n) is 13.6. The molecule has 6 nitrogen and oxygen atoms in total. The predicted molar refractivity (Wildman–Crippen MR) is 91.8 cm³/mol. The average Bonchev–Trinajstić information content (AvgIpc) is 3.02. The molecule has 126 valence electrons. The summed E-state index contributed by atoms with van der Waals surface area (Å²) in [4.78, 5) is 9.48. The number of amidine groups is 1. The Labute approximate surface area is 141 Å². The first-order valence-electron chi connectivity index (χ1n) is 8.28. The number of fused-ring (bicyclic) bond motifs is 2. The molecule has 0 spiro atoms. The first-order chi connectivity index (χ1) is 11.6. The normalized spacial score (nSPS) is 19.8. The summed E-state index contributed by atoms with van der Waals surface area (Å²) in [5.74, 6) is 1.62. The highest BCUT2D eigenvalue weighted by atomic mass is 32.2. The molecule has 4 rings (SSSR count). The molecule has 2 aliphatic rings. The third-order valence-corrected chi connectivity index (χ3v) is 6.06. The van der Waals surface area contributed by atoms with Crippen LogP contribution in [0.4, 0.5) is 0 Å². The number of sulfonamides is 1. The van der Waals surface area contributed by atoms with Crippen molar-refractivity contribution in [3.63, 3.8) is 0 Å². The smallest absolute Gasteiger partial charge is 0.263 e. The minimum atomic E-state index is -3.46. The summed E-state index contributed by atoms with van der Waals surface area (Å²) < 4.78 is 29.1. The molecule has 7 heteroatoms. The highest BCUT2D eigenvalue weighted by Gasteiger charge is 2.30.